The second-order valence-electron chi connectivity index (χ2n) is 4.73. The Bertz CT molecular complexity index is 565. The summed E-state index contributed by atoms with van der Waals surface area (Å²) in [5.41, 5.74) is 1.78. The van der Waals surface area contributed by atoms with E-state index in [1.165, 1.54) is 17.4 Å². The van der Waals surface area contributed by atoms with Crippen molar-refractivity contribution in [2.24, 2.45) is 0 Å². The van der Waals surface area contributed by atoms with Gasteiger partial charge < -0.3 is 5.11 Å². The number of para-hydroxylation sites is 1. The van der Waals surface area contributed by atoms with Crippen molar-refractivity contribution in [3.05, 3.63) is 36.0 Å². The first-order valence-electron chi connectivity index (χ1n) is 6.11. The van der Waals surface area contributed by atoms with E-state index in [1.54, 1.807) is 0 Å². The number of hydrogen-bond acceptors (Lipinski definition) is 1. The zero-order valence-electron chi connectivity index (χ0n) is 9.60. The maximum Gasteiger partial charge on any atom is 0.416 e. The molecule has 1 aromatic carbocycles. The molecule has 17 heavy (non-hydrogen) atoms. The van der Waals surface area contributed by atoms with Crippen LogP contribution in [0.15, 0.2) is 30.3 Å². The van der Waals surface area contributed by atoms with Gasteiger partial charge in [0, 0.05) is 11.1 Å². The molecular formula is C14H15NO2. The predicted octanol–water partition coefficient (Wildman–Crippen LogP) is 3.83. The van der Waals surface area contributed by atoms with Crippen LogP contribution in [0, 0.1) is 0 Å². The molecule has 1 heterocycles. The molecular weight excluding hydrogens is 214 g/mol. The number of rotatable bonds is 1. The second kappa shape index (κ2) is 3.91. The summed E-state index contributed by atoms with van der Waals surface area (Å²) in [6.07, 6.45) is 3.79. The van der Waals surface area contributed by atoms with E-state index in [4.69, 9.17) is 0 Å². The molecule has 3 heteroatoms. The van der Waals surface area contributed by atoms with Crippen LogP contribution in [-0.2, 0) is 0 Å². The molecule has 3 rings (SSSR count). The van der Waals surface area contributed by atoms with Crippen molar-refractivity contribution < 1.29 is 9.90 Å². The van der Waals surface area contributed by atoms with Crippen molar-refractivity contribution in [1.29, 1.82) is 0 Å². The van der Waals surface area contributed by atoms with Crippen LogP contribution >= 0.6 is 0 Å². The average molecular weight is 229 g/mol. The number of benzene rings is 1. The van der Waals surface area contributed by atoms with Crippen LogP contribution in [0.2, 0.25) is 0 Å². The van der Waals surface area contributed by atoms with Gasteiger partial charge in [-0.3, -0.25) is 0 Å². The monoisotopic (exact) mass is 229 g/mol. The molecule has 88 valence electrons. The molecule has 0 spiro atoms. The Kier molecular flexibility index (Phi) is 2.39. The summed E-state index contributed by atoms with van der Waals surface area (Å²) >= 11 is 0. The minimum atomic E-state index is -0.867. The van der Waals surface area contributed by atoms with E-state index >= 15 is 0 Å². The Balaban J connectivity index is 2.22. The fourth-order valence-electron chi connectivity index (χ4n) is 2.91. The Morgan fingerprint density at radius 3 is 2.65 bits per heavy atom. The Hall–Kier alpha value is -1.77. The number of hydrogen-bond donors (Lipinski definition) is 1. The molecule has 0 atom stereocenters. The van der Waals surface area contributed by atoms with Gasteiger partial charge in [-0.1, -0.05) is 31.0 Å². The molecule has 1 aliphatic rings. The van der Waals surface area contributed by atoms with E-state index in [0.717, 1.165) is 29.4 Å². The third kappa shape index (κ3) is 1.62. The lowest BCUT2D eigenvalue weighted by molar-refractivity contribution is 0.196. The average Bonchev–Trinajstić information content (AvgIpc) is 2.95. The lowest BCUT2D eigenvalue weighted by Gasteiger charge is -2.10. The molecule has 1 saturated carbocycles. The number of carbonyl (C=O) groups is 1. The van der Waals surface area contributed by atoms with Crippen LogP contribution in [0.5, 0.6) is 0 Å². The number of aromatic nitrogens is 1. The first-order valence-corrected chi connectivity index (χ1v) is 6.11. The fraction of sp³-hybridized carbons (Fsp3) is 0.357. The van der Waals surface area contributed by atoms with E-state index in [2.05, 4.69) is 0 Å². The topological polar surface area (TPSA) is 42.2 Å². The molecule has 3 nitrogen and oxygen atoms in total. The minimum absolute atomic E-state index is 0.415. The normalized spacial score (nSPS) is 16.7. The van der Waals surface area contributed by atoms with E-state index in [9.17, 15) is 9.90 Å². The molecule has 0 amide bonds. The van der Waals surface area contributed by atoms with Crippen LogP contribution in [-0.4, -0.2) is 15.8 Å². The highest BCUT2D eigenvalue weighted by Crippen LogP contribution is 2.36. The van der Waals surface area contributed by atoms with Crippen LogP contribution in [0.25, 0.3) is 10.9 Å². The molecule has 1 aromatic heterocycles. The Morgan fingerprint density at radius 1 is 1.24 bits per heavy atom. The van der Waals surface area contributed by atoms with Gasteiger partial charge in [0.2, 0.25) is 0 Å². The molecule has 0 saturated heterocycles. The van der Waals surface area contributed by atoms with Crippen molar-refractivity contribution in [2.45, 2.75) is 31.6 Å². The van der Waals surface area contributed by atoms with Crippen molar-refractivity contribution in [3.63, 3.8) is 0 Å². The van der Waals surface area contributed by atoms with Gasteiger partial charge in [-0.2, -0.15) is 0 Å². The highest BCUT2D eigenvalue weighted by molar-refractivity contribution is 5.90. The summed E-state index contributed by atoms with van der Waals surface area (Å²) in [6.45, 7) is 0. The third-order valence-electron chi connectivity index (χ3n) is 3.70. The molecule has 2 aromatic rings. The molecule has 1 N–H and O–H groups in total. The standard InChI is InChI=1S/C14H15NO2/c16-14(17)15-12-8-4-3-7-11(12)9-13(15)10-5-1-2-6-10/h3-4,7-10H,1-2,5-6H2,(H,16,17). The summed E-state index contributed by atoms with van der Waals surface area (Å²) in [5.74, 6) is 0.415. The van der Waals surface area contributed by atoms with E-state index in [-0.39, 0.29) is 0 Å². The SMILES string of the molecule is O=C(O)n1c(C2CCCC2)cc2ccccc21. The Labute approximate surface area is 99.7 Å². The second-order valence-corrected chi connectivity index (χ2v) is 4.73. The van der Waals surface area contributed by atoms with E-state index in [0.29, 0.717) is 5.92 Å². The van der Waals surface area contributed by atoms with Gasteiger partial charge in [-0.25, -0.2) is 9.36 Å². The largest absolute Gasteiger partial charge is 0.464 e. The van der Waals surface area contributed by atoms with Gasteiger partial charge in [0.15, 0.2) is 0 Å². The van der Waals surface area contributed by atoms with Gasteiger partial charge >= 0.3 is 6.09 Å². The molecule has 1 aliphatic carbocycles. The third-order valence-corrected chi connectivity index (χ3v) is 3.70. The zero-order valence-corrected chi connectivity index (χ0v) is 9.60. The van der Waals surface area contributed by atoms with Gasteiger partial charge in [0.25, 0.3) is 0 Å². The maximum atomic E-state index is 11.4. The summed E-state index contributed by atoms with van der Waals surface area (Å²) in [5, 5.41) is 10.4. The summed E-state index contributed by atoms with van der Waals surface area (Å²) in [6, 6.07) is 9.74. The molecule has 0 radical (unpaired) electrons. The first kappa shape index (κ1) is 10.4. The van der Waals surface area contributed by atoms with Gasteiger partial charge in [-0.15, -0.1) is 0 Å². The lowest BCUT2D eigenvalue weighted by atomic mass is 10.0. The fourth-order valence-corrected chi connectivity index (χ4v) is 2.91. The summed E-state index contributed by atoms with van der Waals surface area (Å²) in [4.78, 5) is 11.4. The lowest BCUT2D eigenvalue weighted by Crippen LogP contribution is -2.13. The van der Waals surface area contributed by atoms with Crippen LogP contribution in [0.3, 0.4) is 0 Å². The van der Waals surface area contributed by atoms with Crippen molar-refractivity contribution >= 4 is 17.0 Å². The molecule has 0 aliphatic heterocycles. The van der Waals surface area contributed by atoms with Crippen molar-refractivity contribution in [3.8, 4) is 0 Å². The van der Waals surface area contributed by atoms with Gasteiger partial charge in [0.05, 0.1) is 5.52 Å². The minimum Gasteiger partial charge on any atom is -0.464 e. The first-order chi connectivity index (χ1) is 8.27. The predicted molar refractivity (Wildman–Crippen MR) is 66.6 cm³/mol. The van der Waals surface area contributed by atoms with E-state index < -0.39 is 6.09 Å². The van der Waals surface area contributed by atoms with Gasteiger partial charge in [-0.05, 0) is 30.9 Å². The van der Waals surface area contributed by atoms with E-state index in [1.807, 2.05) is 30.3 Å². The van der Waals surface area contributed by atoms with Crippen molar-refractivity contribution in [1.82, 2.24) is 4.57 Å². The van der Waals surface area contributed by atoms with Crippen LogP contribution < -0.4 is 0 Å². The number of carboxylic acid groups (broad SMARTS) is 1. The maximum absolute atomic E-state index is 11.4. The molecule has 0 unspecified atom stereocenters. The molecule has 1 fully saturated rings. The van der Waals surface area contributed by atoms with Crippen LogP contribution in [0.1, 0.15) is 37.3 Å². The Morgan fingerprint density at radius 2 is 1.94 bits per heavy atom. The summed E-state index contributed by atoms with van der Waals surface area (Å²) < 4.78 is 1.46. The zero-order chi connectivity index (χ0) is 11.8. The molecule has 0 bridgehead atoms. The van der Waals surface area contributed by atoms with Gasteiger partial charge in [0.1, 0.15) is 0 Å². The van der Waals surface area contributed by atoms with Crippen molar-refractivity contribution in [2.75, 3.05) is 0 Å². The number of fused-ring (bicyclic) bond motifs is 1. The summed E-state index contributed by atoms with van der Waals surface area (Å²) in [7, 11) is 0. The van der Waals surface area contributed by atoms with Crippen LogP contribution in [0.4, 0.5) is 4.79 Å². The highest BCUT2D eigenvalue weighted by atomic mass is 16.4. The quantitative estimate of drug-likeness (QED) is 0.807. The highest BCUT2D eigenvalue weighted by Gasteiger charge is 2.24. The smallest absolute Gasteiger partial charge is 0.416 e. The number of nitrogens with zero attached hydrogens (tertiary/aromatic N) is 1.